The number of ether oxygens (including phenoxy) is 1. The Hall–Kier alpha value is -3.47. The summed E-state index contributed by atoms with van der Waals surface area (Å²) in [7, 11) is 0. The average Bonchev–Trinajstić information content (AvgIpc) is 3.64. The maximum Gasteiger partial charge on any atom is 0.433 e. The Morgan fingerprint density at radius 3 is 2.62 bits per heavy atom. The molecule has 2 bridgehead atoms. The van der Waals surface area contributed by atoms with Gasteiger partial charge in [-0.1, -0.05) is 6.07 Å². The number of aromatic nitrogens is 3. The van der Waals surface area contributed by atoms with Crippen LogP contribution in [0.3, 0.4) is 0 Å². The standard InChI is InChI=1S/C26H26F3N5O3/c27-26(28,29)24-3-1-2-20(31-24)25(36)32-21-8-16-11-30-34(17-6-4-15(13-35)5-7-17)22(16)10-23(21)33-12-19-9-18(33)14-37-19/h1-3,8,10-11,13,15,17-19H,4-7,9,12,14H2,(H,32,36). The van der Waals surface area contributed by atoms with Crippen LogP contribution >= 0.6 is 0 Å². The number of halogens is 3. The predicted octanol–water partition coefficient (Wildman–Crippen LogP) is 4.61. The number of morpholine rings is 1. The second-order valence-electron chi connectivity index (χ2n) is 10.1. The second kappa shape index (κ2) is 9.13. The molecule has 2 atom stereocenters. The summed E-state index contributed by atoms with van der Waals surface area (Å²) in [5, 5.41) is 8.26. The number of fused-ring (bicyclic) bond motifs is 3. The first-order valence-electron chi connectivity index (χ1n) is 12.5. The van der Waals surface area contributed by atoms with E-state index in [0.29, 0.717) is 18.8 Å². The summed E-state index contributed by atoms with van der Waals surface area (Å²) in [4.78, 5) is 29.9. The molecule has 194 valence electrons. The van der Waals surface area contributed by atoms with Crippen LogP contribution in [0.25, 0.3) is 10.9 Å². The van der Waals surface area contributed by atoms with Crippen LogP contribution in [0.15, 0.2) is 36.5 Å². The quantitative estimate of drug-likeness (QED) is 0.502. The molecule has 3 fully saturated rings. The van der Waals surface area contributed by atoms with Crippen LogP contribution < -0.4 is 10.2 Å². The highest BCUT2D eigenvalue weighted by Gasteiger charge is 2.40. The van der Waals surface area contributed by atoms with Gasteiger partial charge in [0.1, 0.15) is 17.7 Å². The molecule has 2 saturated heterocycles. The molecule has 1 aliphatic carbocycles. The number of nitrogens with one attached hydrogen (secondary N) is 1. The fourth-order valence-corrected chi connectivity index (χ4v) is 5.79. The summed E-state index contributed by atoms with van der Waals surface area (Å²) >= 11 is 0. The highest BCUT2D eigenvalue weighted by molar-refractivity contribution is 6.06. The Bertz CT molecular complexity index is 1350. The van der Waals surface area contributed by atoms with E-state index < -0.39 is 17.8 Å². The molecule has 1 aromatic carbocycles. The Morgan fingerprint density at radius 1 is 1.14 bits per heavy atom. The van der Waals surface area contributed by atoms with Gasteiger partial charge in [0.15, 0.2) is 0 Å². The van der Waals surface area contributed by atoms with Crippen molar-refractivity contribution in [1.82, 2.24) is 14.8 Å². The van der Waals surface area contributed by atoms with E-state index in [0.717, 1.165) is 61.0 Å². The molecule has 1 saturated carbocycles. The minimum Gasteiger partial charge on any atom is -0.374 e. The van der Waals surface area contributed by atoms with Crippen LogP contribution in [0.2, 0.25) is 0 Å². The predicted molar refractivity (Wildman–Crippen MR) is 129 cm³/mol. The number of pyridine rings is 1. The number of carbonyl (C=O) groups is 2. The number of benzene rings is 1. The molecule has 3 aliphatic rings. The average molecular weight is 514 g/mol. The van der Waals surface area contributed by atoms with Gasteiger partial charge in [0.2, 0.25) is 0 Å². The van der Waals surface area contributed by atoms with Crippen molar-refractivity contribution in [3.8, 4) is 0 Å². The van der Waals surface area contributed by atoms with Gasteiger partial charge >= 0.3 is 6.18 Å². The molecule has 37 heavy (non-hydrogen) atoms. The fourth-order valence-electron chi connectivity index (χ4n) is 5.79. The van der Waals surface area contributed by atoms with E-state index in [1.165, 1.54) is 12.1 Å². The number of rotatable bonds is 5. The Morgan fingerprint density at radius 2 is 1.95 bits per heavy atom. The van der Waals surface area contributed by atoms with E-state index in [1.54, 1.807) is 6.20 Å². The van der Waals surface area contributed by atoms with E-state index in [9.17, 15) is 22.8 Å². The van der Waals surface area contributed by atoms with E-state index in [2.05, 4.69) is 20.3 Å². The summed E-state index contributed by atoms with van der Waals surface area (Å²) in [6, 6.07) is 7.44. The second-order valence-corrected chi connectivity index (χ2v) is 10.1. The van der Waals surface area contributed by atoms with Gasteiger partial charge in [-0.05, 0) is 56.4 Å². The van der Waals surface area contributed by atoms with Gasteiger partial charge in [-0.3, -0.25) is 9.48 Å². The van der Waals surface area contributed by atoms with Crippen molar-refractivity contribution >= 4 is 34.5 Å². The van der Waals surface area contributed by atoms with Crippen LogP contribution in [-0.4, -0.2) is 52.3 Å². The number of alkyl halides is 3. The fraction of sp³-hybridized carbons (Fsp3) is 0.462. The van der Waals surface area contributed by atoms with Gasteiger partial charge in [-0.15, -0.1) is 0 Å². The summed E-state index contributed by atoms with van der Waals surface area (Å²) in [6.45, 7) is 1.25. The molecule has 2 unspecified atom stereocenters. The van der Waals surface area contributed by atoms with Gasteiger partial charge in [0.25, 0.3) is 5.91 Å². The molecule has 8 nitrogen and oxygen atoms in total. The highest BCUT2D eigenvalue weighted by atomic mass is 19.4. The van der Waals surface area contributed by atoms with Crippen molar-refractivity contribution < 1.29 is 27.5 Å². The monoisotopic (exact) mass is 513 g/mol. The first kappa shape index (κ1) is 23.9. The Balaban J connectivity index is 1.35. The number of carbonyl (C=O) groups excluding carboxylic acids is 2. The summed E-state index contributed by atoms with van der Waals surface area (Å²) in [5.41, 5.74) is 0.772. The van der Waals surface area contributed by atoms with Gasteiger partial charge in [-0.25, -0.2) is 4.98 Å². The number of hydrogen-bond acceptors (Lipinski definition) is 6. The summed E-state index contributed by atoms with van der Waals surface area (Å²) in [5.74, 6) is -0.619. The molecule has 4 heterocycles. The largest absolute Gasteiger partial charge is 0.433 e. The van der Waals surface area contributed by atoms with Gasteiger partial charge < -0.3 is 19.7 Å². The van der Waals surface area contributed by atoms with E-state index in [-0.39, 0.29) is 29.8 Å². The van der Waals surface area contributed by atoms with Crippen molar-refractivity contribution in [2.45, 2.75) is 56.5 Å². The number of hydrogen-bond donors (Lipinski definition) is 1. The number of aldehydes is 1. The Labute approximate surface area is 210 Å². The lowest BCUT2D eigenvalue weighted by Crippen LogP contribution is -2.37. The maximum absolute atomic E-state index is 13.1. The zero-order valence-corrected chi connectivity index (χ0v) is 19.9. The van der Waals surface area contributed by atoms with Gasteiger partial charge in [-0.2, -0.15) is 18.3 Å². The number of anilines is 2. The van der Waals surface area contributed by atoms with Crippen molar-refractivity contribution in [1.29, 1.82) is 0 Å². The number of amides is 1. The molecular weight excluding hydrogens is 487 g/mol. The molecule has 2 aliphatic heterocycles. The van der Waals surface area contributed by atoms with Gasteiger partial charge in [0.05, 0.1) is 47.9 Å². The van der Waals surface area contributed by atoms with Crippen LogP contribution in [0.1, 0.15) is 54.3 Å². The minimum absolute atomic E-state index is 0.0973. The third-order valence-electron chi connectivity index (χ3n) is 7.72. The van der Waals surface area contributed by atoms with E-state index >= 15 is 0 Å². The normalized spacial score (nSPS) is 25.5. The summed E-state index contributed by atoms with van der Waals surface area (Å²) < 4.78 is 47.2. The molecule has 11 heteroatoms. The molecule has 1 N–H and O–H groups in total. The SMILES string of the molecule is O=CC1CCC(n2ncc3cc(NC(=O)c4cccc(C(F)(F)F)n4)c(N4CC5CC4CO5)cc32)CC1. The molecule has 2 aromatic heterocycles. The zero-order chi connectivity index (χ0) is 25.7. The van der Waals surface area contributed by atoms with E-state index in [4.69, 9.17) is 4.74 Å². The highest BCUT2D eigenvalue weighted by Crippen LogP contribution is 2.41. The lowest BCUT2D eigenvalue weighted by atomic mass is 9.87. The van der Waals surface area contributed by atoms with Gasteiger partial charge in [0, 0.05) is 17.8 Å². The molecule has 0 spiro atoms. The van der Waals surface area contributed by atoms with Crippen molar-refractivity contribution in [2.24, 2.45) is 5.92 Å². The summed E-state index contributed by atoms with van der Waals surface area (Å²) in [6.07, 6.45) is 2.50. The first-order chi connectivity index (χ1) is 17.8. The van der Waals surface area contributed by atoms with E-state index in [1.807, 2.05) is 16.8 Å². The third-order valence-corrected chi connectivity index (χ3v) is 7.72. The molecule has 3 aromatic rings. The molecule has 1 amide bonds. The molecule has 0 radical (unpaired) electrons. The smallest absolute Gasteiger partial charge is 0.374 e. The maximum atomic E-state index is 13.1. The Kier molecular flexibility index (Phi) is 5.89. The van der Waals surface area contributed by atoms with Crippen LogP contribution in [-0.2, 0) is 15.7 Å². The lowest BCUT2D eigenvalue weighted by Gasteiger charge is -2.31. The van der Waals surface area contributed by atoms with Crippen LogP contribution in [0, 0.1) is 5.92 Å². The third kappa shape index (κ3) is 4.45. The first-order valence-corrected chi connectivity index (χ1v) is 12.5. The van der Waals surface area contributed by atoms with Crippen molar-refractivity contribution in [2.75, 3.05) is 23.4 Å². The van der Waals surface area contributed by atoms with Crippen molar-refractivity contribution in [3.05, 3.63) is 47.9 Å². The lowest BCUT2D eigenvalue weighted by molar-refractivity contribution is -0.141. The zero-order valence-electron chi connectivity index (χ0n) is 19.9. The number of nitrogens with zero attached hydrogens (tertiary/aromatic N) is 4. The minimum atomic E-state index is -4.64. The molecular formula is C26H26F3N5O3. The van der Waals surface area contributed by atoms with Crippen LogP contribution in [0.5, 0.6) is 0 Å². The molecule has 6 rings (SSSR count). The van der Waals surface area contributed by atoms with Crippen LogP contribution in [0.4, 0.5) is 24.5 Å². The topological polar surface area (TPSA) is 89.3 Å². The van der Waals surface area contributed by atoms with Crippen molar-refractivity contribution in [3.63, 3.8) is 0 Å².